The highest BCUT2D eigenvalue weighted by atomic mass is 32.2. The van der Waals surface area contributed by atoms with E-state index < -0.39 is 17.6 Å². The highest BCUT2D eigenvalue weighted by molar-refractivity contribution is 7.98. The monoisotopic (exact) mass is 508 g/mol. The van der Waals surface area contributed by atoms with Gasteiger partial charge in [-0.1, -0.05) is 72.4 Å². The molecule has 0 amide bonds. The van der Waals surface area contributed by atoms with E-state index in [0.717, 1.165) is 45.6 Å². The number of alkyl halides is 3. The predicted molar refractivity (Wildman–Crippen MR) is 133 cm³/mol. The lowest BCUT2D eigenvalue weighted by atomic mass is 10.0. The van der Waals surface area contributed by atoms with Gasteiger partial charge in [0.05, 0.1) is 16.8 Å². The molecule has 0 aliphatic rings. The van der Waals surface area contributed by atoms with E-state index in [1.54, 1.807) is 0 Å². The van der Waals surface area contributed by atoms with E-state index in [1.807, 2.05) is 72.2 Å². The van der Waals surface area contributed by atoms with Gasteiger partial charge in [0.25, 0.3) is 0 Å². The summed E-state index contributed by atoms with van der Waals surface area (Å²) < 4.78 is 55.7. The second-order valence-corrected chi connectivity index (χ2v) is 9.00. The molecule has 9 heteroatoms. The summed E-state index contributed by atoms with van der Waals surface area (Å²) in [6.45, 7) is 2.45. The standard InChI is InChI=1S/C27H20F4N4S/c1-2-35-25(33-34-26(35)36-16-18-11-8-13-21(24(18)28)27(29,30)31)20-15-23(17-9-4-3-5-10-17)32-22-14-7-6-12-19(20)22/h3-15H,2,16H2,1H3. The molecule has 0 spiro atoms. The zero-order chi connectivity index (χ0) is 25.3. The summed E-state index contributed by atoms with van der Waals surface area (Å²) in [7, 11) is 0. The summed E-state index contributed by atoms with van der Waals surface area (Å²) in [6, 6.07) is 22.8. The number of pyridine rings is 1. The van der Waals surface area contributed by atoms with Crippen LogP contribution in [0.15, 0.2) is 84.0 Å². The van der Waals surface area contributed by atoms with Crippen molar-refractivity contribution in [1.29, 1.82) is 0 Å². The summed E-state index contributed by atoms with van der Waals surface area (Å²) in [5, 5.41) is 10.1. The summed E-state index contributed by atoms with van der Waals surface area (Å²) in [5.41, 5.74) is 2.08. The third-order valence-corrected chi connectivity index (χ3v) is 6.82. The average Bonchev–Trinajstić information content (AvgIpc) is 3.30. The number of nitrogens with zero attached hydrogens (tertiary/aromatic N) is 4. The molecule has 4 nitrogen and oxygen atoms in total. The Labute approximate surface area is 209 Å². The molecule has 0 N–H and O–H groups in total. The molecule has 0 saturated heterocycles. The SMILES string of the molecule is CCn1c(SCc2cccc(C(F)(F)F)c2F)nnc1-c1cc(-c2ccccc2)nc2ccccc12. The molecular formula is C27H20F4N4S. The maximum Gasteiger partial charge on any atom is 0.419 e. The molecule has 0 atom stereocenters. The minimum Gasteiger partial charge on any atom is -0.302 e. The Bertz CT molecular complexity index is 1530. The van der Waals surface area contributed by atoms with Gasteiger partial charge in [-0.05, 0) is 30.7 Å². The predicted octanol–water partition coefficient (Wildman–Crippen LogP) is 7.63. The van der Waals surface area contributed by atoms with Crippen LogP contribution in [0.2, 0.25) is 0 Å². The number of hydrogen-bond acceptors (Lipinski definition) is 4. The maximum atomic E-state index is 14.5. The van der Waals surface area contributed by atoms with Gasteiger partial charge in [-0.2, -0.15) is 13.2 Å². The summed E-state index contributed by atoms with van der Waals surface area (Å²) in [6.07, 6.45) is -4.75. The van der Waals surface area contributed by atoms with Gasteiger partial charge in [-0.15, -0.1) is 10.2 Å². The normalized spacial score (nSPS) is 11.8. The van der Waals surface area contributed by atoms with Crippen molar-refractivity contribution in [3.8, 4) is 22.6 Å². The molecule has 3 aromatic carbocycles. The molecule has 182 valence electrons. The third kappa shape index (κ3) is 4.58. The van der Waals surface area contributed by atoms with Gasteiger partial charge in [-0.25, -0.2) is 9.37 Å². The first-order valence-corrected chi connectivity index (χ1v) is 12.2. The van der Waals surface area contributed by atoms with Crippen LogP contribution in [-0.4, -0.2) is 19.7 Å². The molecule has 5 aromatic rings. The van der Waals surface area contributed by atoms with Crippen LogP contribution < -0.4 is 0 Å². The van der Waals surface area contributed by atoms with Gasteiger partial charge in [0.2, 0.25) is 0 Å². The van der Waals surface area contributed by atoms with Gasteiger partial charge in [0.1, 0.15) is 5.82 Å². The molecule has 36 heavy (non-hydrogen) atoms. The quantitative estimate of drug-likeness (QED) is 0.175. The first kappa shape index (κ1) is 24.0. The van der Waals surface area contributed by atoms with Crippen LogP contribution in [-0.2, 0) is 18.5 Å². The van der Waals surface area contributed by atoms with E-state index in [4.69, 9.17) is 4.98 Å². The molecule has 0 aliphatic heterocycles. The lowest BCUT2D eigenvalue weighted by Gasteiger charge is -2.12. The Hall–Kier alpha value is -3.72. The van der Waals surface area contributed by atoms with Gasteiger partial charge in [0, 0.05) is 28.8 Å². The first-order valence-electron chi connectivity index (χ1n) is 11.2. The van der Waals surface area contributed by atoms with Crippen LogP contribution in [0.5, 0.6) is 0 Å². The first-order chi connectivity index (χ1) is 17.4. The van der Waals surface area contributed by atoms with Crippen molar-refractivity contribution >= 4 is 22.7 Å². The van der Waals surface area contributed by atoms with E-state index in [-0.39, 0.29) is 11.3 Å². The van der Waals surface area contributed by atoms with Crippen LogP contribution in [0, 0.1) is 5.82 Å². The largest absolute Gasteiger partial charge is 0.419 e. The molecule has 0 bridgehead atoms. The number of benzene rings is 3. The van der Waals surface area contributed by atoms with Crippen molar-refractivity contribution in [2.24, 2.45) is 0 Å². The molecular weight excluding hydrogens is 488 g/mol. The topological polar surface area (TPSA) is 43.6 Å². The van der Waals surface area contributed by atoms with Gasteiger partial charge in [-0.3, -0.25) is 0 Å². The lowest BCUT2D eigenvalue weighted by molar-refractivity contribution is -0.140. The molecule has 2 aromatic heterocycles. The highest BCUT2D eigenvalue weighted by Crippen LogP contribution is 2.36. The molecule has 5 rings (SSSR count). The van der Waals surface area contributed by atoms with E-state index >= 15 is 0 Å². The maximum absolute atomic E-state index is 14.5. The van der Waals surface area contributed by atoms with Crippen molar-refractivity contribution in [1.82, 2.24) is 19.7 Å². The minimum absolute atomic E-state index is 0.0136. The Morgan fingerprint density at radius 2 is 1.64 bits per heavy atom. The second kappa shape index (κ2) is 9.73. The number of halogens is 4. The molecule has 0 radical (unpaired) electrons. The number of aromatic nitrogens is 4. The van der Waals surface area contributed by atoms with Gasteiger partial charge in [0.15, 0.2) is 11.0 Å². The molecule has 0 unspecified atom stereocenters. The zero-order valence-electron chi connectivity index (χ0n) is 19.1. The van der Waals surface area contributed by atoms with Crippen molar-refractivity contribution < 1.29 is 17.6 Å². The summed E-state index contributed by atoms with van der Waals surface area (Å²) in [5.74, 6) is -0.659. The van der Waals surface area contributed by atoms with E-state index in [0.29, 0.717) is 17.5 Å². The van der Waals surface area contributed by atoms with Crippen LogP contribution in [0.25, 0.3) is 33.5 Å². The zero-order valence-corrected chi connectivity index (χ0v) is 19.9. The Morgan fingerprint density at radius 3 is 2.39 bits per heavy atom. The highest BCUT2D eigenvalue weighted by Gasteiger charge is 2.34. The second-order valence-electron chi connectivity index (χ2n) is 8.05. The van der Waals surface area contributed by atoms with Crippen LogP contribution in [0.1, 0.15) is 18.1 Å². The van der Waals surface area contributed by atoms with Crippen LogP contribution >= 0.6 is 11.8 Å². The van der Waals surface area contributed by atoms with Gasteiger partial charge >= 0.3 is 6.18 Å². The average molecular weight is 509 g/mol. The lowest BCUT2D eigenvalue weighted by Crippen LogP contribution is -2.09. The molecule has 0 aliphatic carbocycles. The minimum atomic E-state index is -4.75. The van der Waals surface area contributed by atoms with E-state index in [1.165, 1.54) is 12.1 Å². The third-order valence-electron chi connectivity index (χ3n) is 5.80. The van der Waals surface area contributed by atoms with Crippen LogP contribution in [0.4, 0.5) is 17.6 Å². The van der Waals surface area contributed by atoms with Crippen molar-refractivity contribution in [2.75, 3.05) is 0 Å². The van der Waals surface area contributed by atoms with Crippen LogP contribution in [0.3, 0.4) is 0 Å². The number of fused-ring (bicyclic) bond motifs is 1. The Balaban J connectivity index is 1.54. The molecule has 2 heterocycles. The fourth-order valence-corrected chi connectivity index (χ4v) is 5.03. The Morgan fingerprint density at radius 1 is 0.889 bits per heavy atom. The number of thioether (sulfide) groups is 1. The number of hydrogen-bond donors (Lipinski definition) is 0. The molecule has 0 fully saturated rings. The fraction of sp³-hybridized carbons (Fsp3) is 0.148. The Kier molecular flexibility index (Phi) is 6.49. The smallest absolute Gasteiger partial charge is 0.302 e. The van der Waals surface area contributed by atoms with Crippen molar-refractivity contribution in [3.05, 3.63) is 95.8 Å². The summed E-state index contributed by atoms with van der Waals surface area (Å²) >= 11 is 1.15. The fourth-order valence-electron chi connectivity index (χ4n) is 4.05. The van der Waals surface area contributed by atoms with Crippen molar-refractivity contribution in [3.63, 3.8) is 0 Å². The van der Waals surface area contributed by atoms with E-state index in [9.17, 15) is 17.6 Å². The van der Waals surface area contributed by atoms with E-state index in [2.05, 4.69) is 10.2 Å². The number of rotatable bonds is 6. The molecule has 0 saturated carbocycles. The number of para-hydroxylation sites is 1. The van der Waals surface area contributed by atoms with Gasteiger partial charge < -0.3 is 4.57 Å². The van der Waals surface area contributed by atoms with Crippen molar-refractivity contribution in [2.45, 2.75) is 30.6 Å². The summed E-state index contributed by atoms with van der Waals surface area (Å²) in [4.78, 5) is 4.81.